The molecule has 24 heavy (non-hydrogen) atoms. The van der Waals surface area contributed by atoms with Crippen LogP contribution in [-0.2, 0) is 9.53 Å². The highest BCUT2D eigenvalue weighted by atomic mass is 16.5. The van der Waals surface area contributed by atoms with Gasteiger partial charge in [-0.3, -0.25) is 4.79 Å². The van der Waals surface area contributed by atoms with E-state index in [0.29, 0.717) is 30.7 Å². The van der Waals surface area contributed by atoms with Crippen molar-refractivity contribution in [1.29, 1.82) is 0 Å². The Hall–Kier alpha value is -2.82. The van der Waals surface area contributed by atoms with E-state index in [1.54, 1.807) is 31.2 Å². The standard InChI is InChI=1S/C19H21NO4/c1-2-23-19(22)16-11-6-7-12-17(16)20-18(21)13-8-14-24-15-9-4-3-5-10-15/h3-7,9-12H,2,8,13-14H2,1H3,(H,20,21). The molecule has 0 heterocycles. The SMILES string of the molecule is CCOC(=O)c1ccccc1NC(=O)CCCOc1ccccc1. The summed E-state index contributed by atoms with van der Waals surface area (Å²) in [6, 6.07) is 16.3. The molecule has 2 rings (SSSR count). The Labute approximate surface area is 141 Å². The minimum absolute atomic E-state index is 0.164. The second-order valence-electron chi connectivity index (χ2n) is 5.08. The third-order valence-corrected chi connectivity index (χ3v) is 3.26. The fourth-order valence-electron chi connectivity index (χ4n) is 2.13. The normalized spacial score (nSPS) is 10.0. The smallest absolute Gasteiger partial charge is 0.340 e. The molecule has 0 unspecified atom stereocenters. The van der Waals surface area contributed by atoms with Crippen LogP contribution in [0.2, 0.25) is 0 Å². The molecule has 5 heteroatoms. The number of rotatable bonds is 8. The van der Waals surface area contributed by atoms with E-state index in [2.05, 4.69) is 5.32 Å². The number of para-hydroxylation sites is 2. The Morgan fingerprint density at radius 2 is 1.71 bits per heavy atom. The van der Waals surface area contributed by atoms with Gasteiger partial charge in [-0.1, -0.05) is 30.3 Å². The maximum Gasteiger partial charge on any atom is 0.340 e. The summed E-state index contributed by atoms with van der Waals surface area (Å²) in [4.78, 5) is 23.9. The lowest BCUT2D eigenvalue weighted by molar-refractivity contribution is -0.116. The zero-order valence-electron chi connectivity index (χ0n) is 13.7. The molecule has 0 atom stereocenters. The van der Waals surface area contributed by atoms with Crippen molar-refractivity contribution in [2.24, 2.45) is 0 Å². The molecule has 0 bridgehead atoms. The van der Waals surface area contributed by atoms with Crippen LogP contribution < -0.4 is 10.1 Å². The van der Waals surface area contributed by atoms with Crippen LogP contribution in [0.4, 0.5) is 5.69 Å². The molecule has 1 amide bonds. The van der Waals surface area contributed by atoms with Crippen LogP contribution in [0.1, 0.15) is 30.1 Å². The van der Waals surface area contributed by atoms with Gasteiger partial charge in [0.1, 0.15) is 5.75 Å². The first-order valence-electron chi connectivity index (χ1n) is 7.94. The van der Waals surface area contributed by atoms with Gasteiger partial charge >= 0.3 is 5.97 Å². The van der Waals surface area contributed by atoms with Crippen LogP contribution in [0, 0.1) is 0 Å². The number of benzene rings is 2. The molecular formula is C19H21NO4. The zero-order valence-corrected chi connectivity index (χ0v) is 13.7. The molecule has 0 saturated carbocycles. The quantitative estimate of drug-likeness (QED) is 0.593. The monoisotopic (exact) mass is 327 g/mol. The summed E-state index contributed by atoms with van der Waals surface area (Å²) in [7, 11) is 0. The third-order valence-electron chi connectivity index (χ3n) is 3.26. The number of anilines is 1. The van der Waals surface area contributed by atoms with Crippen molar-refractivity contribution in [2.45, 2.75) is 19.8 Å². The van der Waals surface area contributed by atoms with Crippen molar-refractivity contribution in [1.82, 2.24) is 0 Å². The van der Waals surface area contributed by atoms with E-state index in [4.69, 9.17) is 9.47 Å². The number of hydrogen-bond acceptors (Lipinski definition) is 4. The molecule has 0 radical (unpaired) electrons. The van der Waals surface area contributed by atoms with Crippen molar-refractivity contribution in [3.8, 4) is 5.75 Å². The molecule has 0 spiro atoms. The van der Waals surface area contributed by atoms with E-state index in [0.717, 1.165) is 5.75 Å². The lowest BCUT2D eigenvalue weighted by atomic mass is 10.1. The van der Waals surface area contributed by atoms with Gasteiger partial charge in [-0.25, -0.2) is 4.79 Å². The Bertz CT molecular complexity index is 670. The second-order valence-corrected chi connectivity index (χ2v) is 5.08. The maximum absolute atomic E-state index is 12.0. The molecule has 0 aliphatic heterocycles. The Morgan fingerprint density at radius 3 is 2.46 bits per heavy atom. The van der Waals surface area contributed by atoms with Gasteiger partial charge in [0, 0.05) is 6.42 Å². The zero-order chi connectivity index (χ0) is 17.2. The molecule has 0 saturated heterocycles. The molecule has 2 aromatic carbocycles. The van der Waals surface area contributed by atoms with Crippen molar-refractivity contribution >= 4 is 17.6 Å². The van der Waals surface area contributed by atoms with Crippen LogP contribution in [0.15, 0.2) is 54.6 Å². The second kappa shape index (κ2) is 9.35. The number of hydrogen-bond donors (Lipinski definition) is 1. The fourth-order valence-corrected chi connectivity index (χ4v) is 2.13. The number of carbonyl (C=O) groups excluding carboxylic acids is 2. The highest BCUT2D eigenvalue weighted by Crippen LogP contribution is 2.17. The Balaban J connectivity index is 1.81. The first-order chi connectivity index (χ1) is 11.7. The predicted molar refractivity (Wildman–Crippen MR) is 92.2 cm³/mol. The predicted octanol–water partition coefficient (Wildman–Crippen LogP) is 3.66. The van der Waals surface area contributed by atoms with Crippen molar-refractivity contribution in [2.75, 3.05) is 18.5 Å². The average Bonchev–Trinajstić information content (AvgIpc) is 2.60. The molecule has 126 valence electrons. The first kappa shape index (κ1) is 17.5. The summed E-state index contributed by atoms with van der Waals surface area (Å²) in [5.41, 5.74) is 0.818. The molecule has 0 fully saturated rings. The van der Waals surface area contributed by atoms with Crippen molar-refractivity contribution < 1.29 is 19.1 Å². The largest absolute Gasteiger partial charge is 0.494 e. The highest BCUT2D eigenvalue weighted by molar-refractivity contribution is 6.01. The lowest BCUT2D eigenvalue weighted by Gasteiger charge is -2.10. The molecule has 0 aliphatic rings. The van der Waals surface area contributed by atoms with E-state index < -0.39 is 5.97 Å². The van der Waals surface area contributed by atoms with Gasteiger partial charge in [0.05, 0.1) is 24.5 Å². The molecule has 1 N–H and O–H groups in total. The summed E-state index contributed by atoms with van der Waals surface area (Å²) < 4.78 is 10.5. The van der Waals surface area contributed by atoms with E-state index in [9.17, 15) is 9.59 Å². The van der Waals surface area contributed by atoms with Gasteiger partial charge in [0.15, 0.2) is 0 Å². The molecule has 0 aromatic heterocycles. The first-order valence-corrected chi connectivity index (χ1v) is 7.94. The van der Waals surface area contributed by atoms with Crippen LogP contribution in [0.5, 0.6) is 5.75 Å². The molecular weight excluding hydrogens is 306 g/mol. The van der Waals surface area contributed by atoms with Crippen LogP contribution in [0.3, 0.4) is 0 Å². The van der Waals surface area contributed by atoms with E-state index in [1.165, 1.54) is 0 Å². The summed E-state index contributed by atoms with van der Waals surface area (Å²) in [5.74, 6) is 0.176. The van der Waals surface area contributed by atoms with E-state index in [-0.39, 0.29) is 12.5 Å². The van der Waals surface area contributed by atoms with Crippen molar-refractivity contribution in [3.05, 3.63) is 60.2 Å². The minimum Gasteiger partial charge on any atom is -0.494 e. The Morgan fingerprint density at radius 1 is 1.00 bits per heavy atom. The van der Waals surface area contributed by atoms with Crippen LogP contribution in [0.25, 0.3) is 0 Å². The number of carbonyl (C=O) groups is 2. The summed E-state index contributed by atoms with van der Waals surface area (Å²) in [6.07, 6.45) is 0.895. The minimum atomic E-state index is -0.444. The maximum atomic E-state index is 12.0. The lowest BCUT2D eigenvalue weighted by Crippen LogP contribution is -2.16. The van der Waals surface area contributed by atoms with Crippen molar-refractivity contribution in [3.63, 3.8) is 0 Å². The summed E-state index contributed by atoms with van der Waals surface area (Å²) >= 11 is 0. The topological polar surface area (TPSA) is 64.6 Å². The number of nitrogens with one attached hydrogen (secondary N) is 1. The van der Waals surface area contributed by atoms with Gasteiger partial charge in [0.25, 0.3) is 0 Å². The van der Waals surface area contributed by atoms with Gasteiger partial charge < -0.3 is 14.8 Å². The van der Waals surface area contributed by atoms with Gasteiger partial charge in [-0.15, -0.1) is 0 Å². The molecule has 2 aromatic rings. The number of amides is 1. The van der Waals surface area contributed by atoms with Gasteiger partial charge in [-0.05, 0) is 37.6 Å². The summed E-state index contributed by atoms with van der Waals surface area (Å²) in [5, 5.41) is 2.75. The van der Waals surface area contributed by atoms with Crippen LogP contribution >= 0.6 is 0 Å². The highest BCUT2D eigenvalue weighted by Gasteiger charge is 2.13. The summed E-state index contributed by atoms with van der Waals surface area (Å²) in [6.45, 7) is 2.49. The molecule has 0 aliphatic carbocycles. The number of ether oxygens (including phenoxy) is 2. The fraction of sp³-hybridized carbons (Fsp3) is 0.263. The average molecular weight is 327 g/mol. The van der Waals surface area contributed by atoms with Gasteiger partial charge in [-0.2, -0.15) is 0 Å². The van der Waals surface area contributed by atoms with Gasteiger partial charge in [0.2, 0.25) is 5.91 Å². The Kier molecular flexibility index (Phi) is 6.83. The third kappa shape index (κ3) is 5.43. The van der Waals surface area contributed by atoms with E-state index >= 15 is 0 Å². The van der Waals surface area contributed by atoms with Crippen LogP contribution in [-0.4, -0.2) is 25.1 Å². The number of esters is 1. The van der Waals surface area contributed by atoms with E-state index in [1.807, 2.05) is 30.3 Å². The molecule has 5 nitrogen and oxygen atoms in total.